The van der Waals surface area contributed by atoms with E-state index in [-0.39, 0.29) is 12.5 Å². The second-order valence-electron chi connectivity index (χ2n) is 6.45. The Kier molecular flexibility index (Phi) is 6.25. The maximum absolute atomic E-state index is 12.3. The molecular formula is C19H22N6O3S. The van der Waals surface area contributed by atoms with Crippen molar-refractivity contribution < 1.29 is 13.2 Å². The molecule has 0 aliphatic heterocycles. The number of aryl methyl sites for hydroxylation is 1. The molecule has 10 heteroatoms. The van der Waals surface area contributed by atoms with E-state index in [1.807, 2.05) is 42.5 Å². The van der Waals surface area contributed by atoms with Crippen LogP contribution in [0.1, 0.15) is 5.69 Å². The highest BCUT2D eigenvalue weighted by Gasteiger charge is 2.08. The fourth-order valence-electron chi connectivity index (χ4n) is 2.67. The molecule has 0 aliphatic rings. The fraction of sp³-hybridized carbons (Fsp3) is 0.211. The van der Waals surface area contributed by atoms with E-state index in [4.69, 9.17) is 0 Å². The summed E-state index contributed by atoms with van der Waals surface area (Å²) in [5.41, 5.74) is 1.30. The molecule has 9 nitrogen and oxygen atoms in total. The lowest BCUT2D eigenvalue weighted by molar-refractivity contribution is 0.262. The average Bonchev–Trinajstić information content (AvgIpc) is 2.64. The van der Waals surface area contributed by atoms with Gasteiger partial charge in [0.25, 0.3) is 0 Å². The summed E-state index contributed by atoms with van der Waals surface area (Å²) in [6.45, 7) is 2.33. The number of aromatic nitrogens is 2. The van der Waals surface area contributed by atoms with Crippen LogP contribution < -0.4 is 20.7 Å². The van der Waals surface area contributed by atoms with Gasteiger partial charge in [0.1, 0.15) is 5.82 Å². The number of rotatable bonds is 7. The lowest BCUT2D eigenvalue weighted by Gasteiger charge is -2.10. The normalized spacial score (nSPS) is 11.2. The minimum absolute atomic E-state index is 0.141. The number of nitrogens with one attached hydrogen (secondary N) is 4. The Bertz CT molecular complexity index is 1130. The molecule has 29 heavy (non-hydrogen) atoms. The Balaban J connectivity index is 1.61. The van der Waals surface area contributed by atoms with Crippen molar-refractivity contribution >= 4 is 44.3 Å². The predicted octanol–water partition coefficient (Wildman–Crippen LogP) is 2.54. The maximum atomic E-state index is 12.3. The van der Waals surface area contributed by atoms with Gasteiger partial charge in [-0.1, -0.05) is 30.3 Å². The van der Waals surface area contributed by atoms with E-state index in [1.54, 1.807) is 13.0 Å². The molecule has 0 saturated carbocycles. The Morgan fingerprint density at radius 1 is 0.966 bits per heavy atom. The van der Waals surface area contributed by atoms with Crippen LogP contribution in [0.4, 0.5) is 22.2 Å². The van der Waals surface area contributed by atoms with Crippen molar-refractivity contribution in [3.05, 3.63) is 54.2 Å². The molecule has 2 amide bonds. The van der Waals surface area contributed by atoms with Crippen LogP contribution in [0.3, 0.4) is 0 Å². The molecular weight excluding hydrogens is 392 g/mol. The highest BCUT2D eigenvalue weighted by molar-refractivity contribution is 7.88. The van der Waals surface area contributed by atoms with Gasteiger partial charge < -0.3 is 10.6 Å². The van der Waals surface area contributed by atoms with Crippen molar-refractivity contribution in [2.45, 2.75) is 6.92 Å². The zero-order chi connectivity index (χ0) is 20.9. The molecule has 0 unspecified atom stereocenters. The number of carbonyl (C=O) groups is 1. The summed E-state index contributed by atoms with van der Waals surface area (Å²) in [5.74, 6) is 0.621. The second-order valence-corrected chi connectivity index (χ2v) is 8.29. The topological polar surface area (TPSA) is 125 Å². The van der Waals surface area contributed by atoms with E-state index >= 15 is 0 Å². The number of anilines is 3. The van der Waals surface area contributed by atoms with Crippen LogP contribution in [0.5, 0.6) is 0 Å². The lowest BCUT2D eigenvalue weighted by Crippen LogP contribution is -2.28. The van der Waals surface area contributed by atoms with Crippen LogP contribution in [0.2, 0.25) is 0 Å². The number of sulfonamides is 1. The van der Waals surface area contributed by atoms with Crippen molar-refractivity contribution in [3.63, 3.8) is 0 Å². The summed E-state index contributed by atoms with van der Waals surface area (Å²) >= 11 is 0. The van der Waals surface area contributed by atoms with Gasteiger partial charge in [0.2, 0.25) is 16.0 Å². The third-order valence-corrected chi connectivity index (χ3v) is 4.61. The smallest absolute Gasteiger partial charge is 0.326 e. The Hall–Kier alpha value is -3.24. The highest BCUT2D eigenvalue weighted by Crippen LogP contribution is 2.19. The summed E-state index contributed by atoms with van der Waals surface area (Å²) in [6.07, 6.45) is 1.10. The van der Waals surface area contributed by atoms with Gasteiger partial charge in [-0.3, -0.25) is 5.32 Å². The molecule has 1 heterocycles. The average molecular weight is 414 g/mol. The summed E-state index contributed by atoms with van der Waals surface area (Å²) < 4.78 is 24.5. The molecule has 0 fully saturated rings. The number of nitrogens with zero attached hydrogens (tertiary/aromatic N) is 2. The van der Waals surface area contributed by atoms with E-state index in [0.717, 1.165) is 17.0 Å². The Morgan fingerprint density at radius 3 is 2.48 bits per heavy atom. The van der Waals surface area contributed by atoms with Crippen LogP contribution in [-0.2, 0) is 10.0 Å². The van der Waals surface area contributed by atoms with E-state index in [0.29, 0.717) is 23.7 Å². The Labute approximate surface area is 169 Å². The quantitative estimate of drug-likeness (QED) is 0.440. The van der Waals surface area contributed by atoms with Crippen LogP contribution in [0.25, 0.3) is 10.8 Å². The fourth-order valence-corrected chi connectivity index (χ4v) is 3.15. The molecule has 0 radical (unpaired) electrons. The van der Waals surface area contributed by atoms with Crippen molar-refractivity contribution in [1.29, 1.82) is 0 Å². The molecule has 4 N–H and O–H groups in total. The van der Waals surface area contributed by atoms with E-state index in [1.165, 1.54) is 0 Å². The van der Waals surface area contributed by atoms with Gasteiger partial charge in [0.15, 0.2) is 0 Å². The van der Waals surface area contributed by atoms with Crippen LogP contribution in [0, 0.1) is 6.92 Å². The molecule has 0 spiro atoms. The van der Waals surface area contributed by atoms with Crippen molar-refractivity contribution in [2.75, 3.05) is 35.3 Å². The molecule has 152 valence electrons. The summed E-state index contributed by atoms with van der Waals surface area (Å²) in [5, 5.41) is 10.5. The standard InChI is InChI=1S/C19H22N6O3S/c1-13-11-17(20-9-10-21-29(2,27)28)24-18(22-13)25-19(26)23-16-8-7-14-5-3-4-6-15(14)12-16/h3-8,11-12,21H,9-10H2,1-2H3,(H3,20,22,23,24,25,26). The first-order valence-electron chi connectivity index (χ1n) is 8.89. The first-order valence-corrected chi connectivity index (χ1v) is 10.8. The van der Waals surface area contributed by atoms with Gasteiger partial charge in [0.05, 0.1) is 6.26 Å². The molecule has 0 aliphatic carbocycles. The third kappa shape index (κ3) is 6.40. The van der Waals surface area contributed by atoms with Crippen LogP contribution in [-0.4, -0.2) is 43.8 Å². The van der Waals surface area contributed by atoms with Crippen LogP contribution in [0.15, 0.2) is 48.5 Å². The Morgan fingerprint density at radius 2 is 1.72 bits per heavy atom. The minimum atomic E-state index is -3.24. The van der Waals surface area contributed by atoms with Crippen LogP contribution >= 0.6 is 0 Å². The van der Waals surface area contributed by atoms with E-state index < -0.39 is 16.1 Å². The third-order valence-electron chi connectivity index (χ3n) is 3.88. The van der Waals surface area contributed by atoms with Gasteiger partial charge in [-0.25, -0.2) is 22.9 Å². The first kappa shape index (κ1) is 20.5. The molecule has 1 aromatic heterocycles. The van der Waals surface area contributed by atoms with Crippen molar-refractivity contribution in [2.24, 2.45) is 0 Å². The highest BCUT2D eigenvalue weighted by atomic mass is 32.2. The lowest BCUT2D eigenvalue weighted by atomic mass is 10.1. The molecule has 2 aromatic carbocycles. The molecule has 3 aromatic rings. The number of fused-ring (bicyclic) bond motifs is 1. The predicted molar refractivity (Wildman–Crippen MR) is 115 cm³/mol. The SMILES string of the molecule is Cc1cc(NCCNS(C)(=O)=O)nc(NC(=O)Nc2ccc3ccccc3c2)n1. The first-order chi connectivity index (χ1) is 13.8. The monoisotopic (exact) mass is 414 g/mol. The number of carbonyl (C=O) groups excluding carboxylic acids is 1. The number of hydrogen-bond donors (Lipinski definition) is 4. The van der Waals surface area contributed by atoms with E-state index in [2.05, 4.69) is 30.6 Å². The summed E-state index contributed by atoms with van der Waals surface area (Å²) in [4.78, 5) is 20.7. The largest absolute Gasteiger partial charge is 0.369 e. The summed E-state index contributed by atoms with van der Waals surface area (Å²) in [6, 6.07) is 14.7. The minimum Gasteiger partial charge on any atom is -0.369 e. The number of amides is 2. The van der Waals surface area contributed by atoms with Gasteiger partial charge >= 0.3 is 6.03 Å². The number of hydrogen-bond acceptors (Lipinski definition) is 6. The van der Waals surface area contributed by atoms with Gasteiger partial charge in [-0.15, -0.1) is 0 Å². The van der Waals surface area contributed by atoms with Gasteiger partial charge in [-0.05, 0) is 29.8 Å². The van der Waals surface area contributed by atoms with Gasteiger partial charge in [0, 0.05) is 30.5 Å². The zero-order valence-corrected chi connectivity index (χ0v) is 16.9. The maximum Gasteiger partial charge on any atom is 0.326 e. The molecule has 0 atom stereocenters. The zero-order valence-electron chi connectivity index (χ0n) is 16.1. The van der Waals surface area contributed by atoms with Crippen molar-refractivity contribution in [1.82, 2.24) is 14.7 Å². The molecule has 0 bridgehead atoms. The number of urea groups is 1. The number of benzene rings is 2. The molecule has 3 rings (SSSR count). The summed E-state index contributed by atoms with van der Waals surface area (Å²) in [7, 11) is -3.24. The van der Waals surface area contributed by atoms with E-state index in [9.17, 15) is 13.2 Å². The van der Waals surface area contributed by atoms with Gasteiger partial charge in [-0.2, -0.15) is 4.98 Å². The van der Waals surface area contributed by atoms with Crippen molar-refractivity contribution in [3.8, 4) is 0 Å². The molecule has 0 saturated heterocycles. The second kappa shape index (κ2) is 8.84.